The Kier molecular flexibility index (Phi) is 4.38. The van der Waals surface area contributed by atoms with Gasteiger partial charge in [-0.15, -0.1) is 0 Å². The van der Waals surface area contributed by atoms with Gasteiger partial charge in [-0.25, -0.2) is 0 Å². The molecule has 1 saturated carbocycles. The van der Waals surface area contributed by atoms with Crippen LogP contribution in [0.4, 0.5) is 0 Å². The lowest BCUT2D eigenvalue weighted by Gasteiger charge is -2.38. The molecule has 3 N–H and O–H groups in total. The highest BCUT2D eigenvalue weighted by Crippen LogP contribution is 2.24. The highest BCUT2D eigenvalue weighted by molar-refractivity contribution is 5.23. The van der Waals surface area contributed by atoms with Gasteiger partial charge in [-0.1, -0.05) is 30.3 Å². The number of nitrogens with one attached hydrogen (secondary N) is 1. The first-order valence-electron chi connectivity index (χ1n) is 6.81. The van der Waals surface area contributed by atoms with Crippen LogP contribution >= 0.6 is 0 Å². The number of nitrogens with two attached hydrogens (primary N) is 1. The highest BCUT2D eigenvalue weighted by Gasteiger charge is 2.31. The Morgan fingerprint density at radius 3 is 2.61 bits per heavy atom. The van der Waals surface area contributed by atoms with Gasteiger partial charge in [0.1, 0.15) is 0 Å². The molecule has 0 spiro atoms. The van der Waals surface area contributed by atoms with Crippen LogP contribution in [-0.4, -0.2) is 25.3 Å². The predicted molar refractivity (Wildman–Crippen MR) is 74.4 cm³/mol. The Morgan fingerprint density at radius 1 is 1.33 bits per heavy atom. The van der Waals surface area contributed by atoms with Crippen LogP contribution in [0.1, 0.15) is 32.3 Å². The van der Waals surface area contributed by atoms with Gasteiger partial charge in [0.05, 0.1) is 11.6 Å². The number of hydrogen-bond acceptors (Lipinski definition) is 3. The Labute approximate surface area is 110 Å². The van der Waals surface area contributed by atoms with Crippen LogP contribution in [0.15, 0.2) is 30.3 Å². The summed E-state index contributed by atoms with van der Waals surface area (Å²) < 4.78 is 5.55. The van der Waals surface area contributed by atoms with Crippen molar-refractivity contribution in [1.82, 2.24) is 5.32 Å². The first-order chi connectivity index (χ1) is 8.62. The van der Waals surface area contributed by atoms with E-state index in [2.05, 4.69) is 24.4 Å². The molecule has 3 heteroatoms. The summed E-state index contributed by atoms with van der Waals surface area (Å²) in [5.41, 5.74) is 7.24. The molecule has 3 nitrogen and oxygen atoms in total. The van der Waals surface area contributed by atoms with E-state index in [9.17, 15) is 0 Å². The fourth-order valence-electron chi connectivity index (χ4n) is 2.38. The van der Waals surface area contributed by atoms with Crippen molar-refractivity contribution >= 4 is 0 Å². The van der Waals surface area contributed by atoms with Crippen molar-refractivity contribution in [2.45, 2.75) is 44.4 Å². The Hall–Kier alpha value is -0.900. The molecule has 1 fully saturated rings. The summed E-state index contributed by atoms with van der Waals surface area (Å²) in [5, 5.41) is 3.54. The van der Waals surface area contributed by atoms with Crippen molar-refractivity contribution in [1.29, 1.82) is 0 Å². The van der Waals surface area contributed by atoms with Crippen molar-refractivity contribution in [2.24, 2.45) is 5.73 Å². The topological polar surface area (TPSA) is 47.3 Å². The zero-order valence-electron chi connectivity index (χ0n) is 11.4. The molecule has 0 heterocycles. The van der Waals surface area contributed by atoms with Crippen LogP contribution in [0.2, 0.25) is 0 Å². The molecule has 18 heavy (non-hydrogen) atoms. The summed E-state index contributed by atoms with van der Waals surface area (Å²) in [6, 6.07) is 10.8. The summed E-state index contributed by atoms with van der Waals surface area (Å²) >= 11 is 0. The van der Waals surface area contributed by atoms with E-state index in [0.717, 1.165) is 26.0 Å². The molecule has 1 atom stereocenters. The van der Waals surface area contributed by atoms with Crippen molar-refractivity contribution < 1.29 is 4.74 Å². The lowest BCUT2D eigenvalue weighted by atomic mass is 9.87. The summed E-state index contributed by atoms with van der Waals surface area (Å²) in [6.45, 7) is 5.75. The number of benzene rings is 1. The molecule has 1 aliphatic carbocycles. The minimum atomic E-state index is -0.308. The largest absolute Gasteiger partial charge is 0.378 e. The standard InChI is InChI=1S/C15H24N2O/c1-3-18-14-9-13(10-14)17-11-15(2,16)12-7-5-4-6-8-12/h4-8,13-14,17H,3,9-11,16H2,1-2H3. The third-order valence-electron chi connectivity index (χ3n) is 3.69. The molecule has 1 aliphatic rings. The van der Waals surface area contributed by atoms with Crippen molar-refractivity contribution in [3.63, 3.8) is 0 Å². The zero-order valence-corrected chi connectivity index (χ0v) is 11.4. The molecule has 1 aromatic carbocycles. The van der Waals surface area contributed by atoms with E-state index in [1.165, 1.54) is 5.56 Å². The summed E-state index contributed by atoms with van der Waals surface area (Å²) in [6.07, 6.45) is 2.67. The normalized spacial score (nSPS) is 26.4. The third-order valence-corrected chi connectivity index (χ3v) is 3.69. The molecular weight excluding hydrogens is 224 g/mol. The second kappa shape index (κ2) is 5.83. The maximum atomic E-state index is 6.36. The summed E-state index contributed by atoms with van der Waals surface area (Å²) in [4.78, 5) is 0. The molecule has 1 aromatic rings. The van der Waals surface area contributed by atoms with Crippen LogP contribution in [-0.2, 0) is 10.3 Å². The molecule has 100 valence electrons. The van der Waals surface area contributed by atoms with Crippen LogP contribution in [0.3, 0.4) is 0 Å². The molecule has 0 saturated heterocycles. The first kappa shape index (κ1) is 13.5. The summed E-state index contributed by atoms with van der Waals surface area (Å²) in [5.74, 6) is 0. The van der Waals surface area contributed by atoms with Gasteiger partial charge >= 0.3 is 0 Å². The van der Waals surface area contributed by atoms with Gasteiger partial charge in [-0.3, -0.25) is 0 Å². The van der Waals surface area contributed by atoms with Gasteiger partial charge in [0.2, 0.25) is 0 Å². The van der Waals surface area contributed by atoms with Crippen LogP contribution in [0.25, 0.3) is 0 Å². The van der Waals surface area contributed by atoms with E-state index >= 15 is 0 Å². The molecular formula is C15H24N2O. The Morgan fingerprint density at radius 2 is 2.00 bits per heavy atom. The average molecular weight is 248 g/mol. The van der Waals surface area contributed by atoms with Crippen molar-refractivity contribution in [3.8, 4) is 0 Å². The van der Waals surface area contributed by atoms with Gasteiger partial charge in [-0.2, -0.15) is 0 Å². The van der Waals surface area contributed by atoms with E-state index < -0.39 is 0 Å². The van der Waals surface area contributed by atoms with Gasteiger partial charge in [0.15, 0.2) is 0 Å². The lowest BCUT2D eigenvalue weighted by Crippen LogP contribution is -2.52. The minimum absolute atomic E-state index is 0.308. The second-order valence-electron chi connectivity index (χ2n) is 5.41. The quantitative estimate of drug-likeness (QED) is 0.809. The average Bonchev–Trinajstić information content (AvgIpc) is 2.33. The van der Waals surface area contributed by atoms with Crippen LogP contribution < -0.4 is 11.1 Å². The Bertz CT molecular complexity index is 358. The van der Waals surface area contributed by atoms with E-state index in [0.29, 0.717) is 12.1 Å². The maximum Gasteiger partial charge on any atom is 0.0604 e. The molecule has 0 amide bonds. The predicted octanol–water partition coefficient (Wildman–Crippen LogP) is 2.02. The van der Waals surface area contributed by atoms with Gasteiger partial charge < -0.3 is 15.8 Å². The molecule has 0 bridgehead atoms. The van der Waals surface area contributed by atoms with Gasteiger partial charge in [0, 0.05) is 19.2 Å². The SMILES string of the molecule is CCOC1CC(NCC(C)(N)c2ccccc2)C1. The highest BCUT2D eigenvalue weighted by atomic mass is 16.5. The van der Waals surface area contributed by atoms with Crippen LogP contribution in [0, 0.1) is 0 Å². The van der Waals surface area contributed by atoms with Gasteiger partial charge in [0.25, 0.3) is 0 Å². The van der Waals surface area contributed by atoms with Gasteiger partial charge in [-0.05, 0) is 32.3 Å². The smallest absolute Gasteiger partial charge is 0.0604 e. The van der Waals surface area contributed by atoms with E-state index in [1.54, 1.807) is 0 Å². The summed E-state index contributed by atoms with van der Waals surface area (Å²) in [7, 11) is 0. The first-order valence-corrected chi connectivity index (χ1v) is 6.81. The molecule has 2 rings (SSSR count). The molecule has 0 radical (unpaired) electrons. The zero-order chi connectivity index (χ0) is 13.0. The maximum absolute atomic E-state index is 6.36. The fraction of sp³-hybridized carbons (Fsp3) is 0.600. The fourth-order valence-corrected chi connectivity index (χ4v) is 2.38. The van der Waals surface area contributed by atoms with E-state index in [4.69, 9.17) is 10.5 Å². The Balaban J connectivity index is 1.77. The third kappa shape index (κ3) is 3.31. The lowest BCUT2D eigenvalue weighted by molar-refractivity contribution is -0.0108. The second-order valence-corrected chi connectivity index (χ2v) is 5.41. The molecule has 1 unspecified atom stereocenters. The van der Waals surface area contributed by atoms with Crippen molar-refractivity contribution in [3.05, 3.63) is 35.9 Å². The van der Waals surface area contributed by atoms with Crippen molar-refractivity contribution in [2.75, 3.05) is 13.2 Å². The number of rotatable bonds is 6. The molecule has 0 aromatic heterocycles. The monoisotopic (exact) mass is 248 g/mol. The van der Waals surface area contributed by atoms with Crippen LogP contribution in [0.5, 0.6) is 0 Å². The minimum Gasteiger partial charge on any atom is -0.378 e. The number of ether oxygens (including phenoxy) is 1. The van der Waals surface area contributed by atoms with E-state index in [-0.39, 0.29) is 5.54 Å². The van der Waals surface area contributed by atoms with E-state index in [1.807, 2.05) is 25.1 Å². The molecule has 0 aliphatic heterocycles. The number of hydrogen-bond donors (Lipinski definition) is 2.